The van der Waals surface area contributed by atoms with Crippen LogP contribution in [0, 0.1) is 0 Å². The molecular weight excluding hydrogens is 324 g/mol. The Labute approximate surface area is 148 Å². The Morgan fingerprint density at radius 3 is 2.62 bits per heavy atom. The van der Waals surface area contributed by atoms with E-state index in [4.69, 9.17) is 16.1 Å². The van der Waals surface area contributed by atoms with Crippen LogP contribution in [0.1, 0.15) is 43.7 Å². The Balaban J connectivity index is 1.86. The van der Waals surface area contributed by atoms with Crippen molar-refractivity contribution in [2.45, 2.75) is 39.7 Å². The molecule has 0 amide bonds. The predicted molar refractivity (Wildman–Crippen MR) is 98.6 cm³/mol. The van der Waals surface area contributed by atoms with Crippen molar-refractivity contribution in [2.75, 3.05) is 13.1 Å². The van der Waals surface area contributed by atoms with Gasteiger partial charge >= 0.3 is 0 Å². The third kappa shape index (κ3) is 5.89. The molecule has 0 aliphatic rings. The number of aliphatic imine (C=N–C) groups is 1. The van der Waals surface area contributed by atoms with Crippen molar-refractivity contribution in [3.05, 3.63) is 52.4 Å². The minimum atomic E-state index is 0.359. The predicted octanol–water partition coefficient (Wildman–Crippen LogP) is 3.75. The highest BCUT2D eigenvalue weighted by atomic mass is 35.5. The first-order valence-corrected chi connectivity index (χ1v) is 8.68. The second-order valence-corrected chi connectivity index (χ2v) is 6.31. The molecule has 2 aromatic rings. The molecule has 2 rings (SSSR count). The van der Waals surface area contributed by atoms with E-state index in [2.05, 4.69) is 34.6 Å². The average molecular weight is 349 g/mol. The van der Waals surface area contributed by atoms with Crippen LogP contribution in [0.25, 0.3) is 0 Å². The van der Waals surface area contributed by atoms with E-state index in [9.17, 15) is 0 Å². The number of nitrogens with zero attached hydrogens (tertiary/aromatic N) is 2. The van der Waals surface area contributed by atoms with E-state index in [0.717, 1.165) is 41.9 Å². The molecule has 0 saturated carbocycles. The molecule has 24 heavy (non-hydrogen) atoms. The van der Waals surface area contributed by atoms with Gasteiger partial charge < -0.3 is 15.2 Å². The fourth-order valence-electron chi connectivity index (χ4n) is 2.15. The maximum absolute atomic E-state index is 5.90. The Morgan fingerprint density at radius 1 is 1.25 bits per heavy atom. The monoisotopic (exact) mass is 348 g/mol. The summed E-state index contributed by atoms with van der Waals surface area (Å²) < 4.78 is 5.31. The molecule has 6 heteroatoms. The van der Waals surface area contributed by atoms with Crippen LogP contribution in [0.3, 0.4) is 0 Å². The first-order chi connectivity index (χ1) is 11.6. The van der Waals surface area contributed by atoms with E-state index in [1.807, 2.05) is 37.3 Å². The summed E-state index contributed by atoms with van der Waals surface area (Å²) in [6, 6.07) is 9.86. The van der Waals surface area contributed by atoms with Gasteiger partial charge in [-0.25, -0.2) is 4.99 Å². The molecule has 1 aromatic heterocycles. The molecule has 2 N–H and O–H groups in total. The number of guanidine groups is 1. The zero-order valence-corrected chi connectivity index (χ0v) is 15.2. The van der Waals surface area contributed by atoms with Gasteiger partial charge in [-0.2, -0.15) is 0 Å². The Morgan fingerprint density at radius 2 is 2.00 bits per heavy atom. The number of rotatable bonds is 7. The maximum Gasteiger partial charge on any atom is 0.191 e. The summed E-state index contributed by atoms with van der Waals surface area (Å²) in [6.45, 7) is 8.29. The normalized spacial score (nSPS) is 11.8. The summed E-state index contributed by atoms with van der Waals surface area (Å²) in [4.78, 5) is 4.54. The lowest BCUT2D eigenvalue weighted by molar-refractivity contribution is 0.376. The third-order valence-electron chi connectivity index (χ3n) is 3.53. The van der Waals surface area contributed by atoms with Crippen LogP contribution in [0.5, 0.6) is 0 Å². The topological polar surface area (TPSA) is 62.5 Å². The van der Waals surface area contributed by atoms with Gasteiger partial charge in [0.2, 0.25) is 0 Å². The minimum Gasteiger partial charge on any atom is -0.359 e. The molecule has 130 valence electrons. The van der Waals surface area contributed by atoms with Gasteiger partial charge in [0.25, 0.3) is 0 Å². The van der Waals surface area contributed by atoms with E-state index in [1.54, 1.807) is 0 Å². The first-order valence-electron chi connectivity index (χ1n) is 8.30. The van der Waals surface area contributed by atoms with Crippen molar-refractivity contribution < 1.29 is 4.52 Å². The van der Waals surface area contributed by atoms with E-state index in [1.165, 1.54) is 5.56 Å². The summed E-state index contributed by atoms with van der Waals surface area (Å²) in [5.41, 5.74) is 2.19. The van der Waals surface area contributed by atoms with Crippen molar-refractivity contribution in [1.29, 1.82) is 0 Å². The molecule has 0 radical (unpaired) electrons. The fourth-order valence-corrected chi connectivity index (χ4v) is 2.28. The maximum atomic E-state index is 5.90. The standard InChI is InChI=1S/C18H25ClN4O/c1-4-20-18(21-10-9-14-5-7-15(19)8-6-14)22-12-16-11-17(13(2)3)23-24-16/h5-8,11,13H,4,9-10,12H2,1-3H3,(H2,20,21,22). The van der Waals surface area contributed by atoms with Gasteiger partial charge in [0.05, 0.1) is 5.69 Å². The van der Waals surface area contributed by atoms with Crippen LogP contribution < -0.4 is 10.6 Å². The lowest BCUT2D eigenvalue weighted by Crippen LogP contribution is -2.38. The number of hydrogen-bond donors (Lipinski definition) is 2. The number of hydrogen-bond acceptors (Lipinski definition) is 3. The van der Waals surface area contributed by atoms with Crippen LogP contribution >= 0.6 is 11.6 Å². The minimum absolute atomic E-state index is 0.359. The fraction of sp³-hybridized carbons (Fsp3) is 0.444. The SMILES string of the molecule is CCNC(=NCc1cc(C(C)C)no1)NCCc1ccc(Cl)cc1. The Kier molecular flexibility index (Phi) is 7.12. The van der Waals surface area contributed by atoms with Crippen molar-refractivity contribution >= 4 is 17.6 Å². The number of halogens is 1. The van der Waals surface area contributed by atoms with Crippen molar-refractivity contribution in [2.24, 2.45) is 4.99 Å². The van der Waals surface area contributed by atoms with E-state index >= 15 is 0 Å². The number of benzene rings is 1. The molecule has 5 nitrogen and oxygen atoms in total. The second kappa shape index (κ2) is 9.33. The summed E-state index contributed by atoms with van der Waals surface area (Å²) in [6.07, 6.45) is 0.904. The van der Waals surface area contributed by atoms with Gasteiger partial charge in [-0.1, -0.05) is 42.7 Å². The molecule has 0 aliphatic heterocycles. The van der Waals surface area contributed by atoms with Gasteiger partial charge in [0.1, 0.15) is 6.54 Å². The molecular formula is C18H25ClN4O. The molecule has 0 unspecified atom stereocenters. The van der Waals surface area contributed by atoms with E-state index < -0.39 is 0 Å². The smallest absolute Gasteiger partial charge is 0.191 e. The quantitative estimate of drug-likeness (QED) is 0.591. The Hall–Kier alpha value is -2.01. The first kappa shape index (κ1) is 18.3. The van der Waals surface area contributed by atoms with Gasteiger partial charge in [0.15, 0.2) is 11.7 Å². The molecule has 0 spiro atoms. The van der Waals surface area contributed by atoms with Crippen LogP contribution in [0.4, 0.5) is 0 Å². The molecule has 0 aliphatic carbocycles. The molecule has 1 aromatic carbocycles. The molecule has 0 saturated heterocycles. The largest absolute Gasteiger partial charge is 0.359 e. The van der Waals surface area contributed by atoms with Gasteiger partial charge in [0, 0.05) is 24.2 Å². The average Bonchev–Trinajstić information content (AvgIpc) is 3.04. The zero-order chi connectivity index (χ0) is 17.4. The van der Waals surface area contributed by atoms with Gasteiger partial charge in [-0.15, -0.1) is 0 Å². The molecule has 1 heterocycles. The summed E-state index contributed by atoms with van der Waals surface area (Å²) in [5.74, 6) is 1.90. The molecule has 0 atom stereocenters. The lowest BCUT2D eigenvalue weighted by atomic mass is 10.1. The summed E-state index contributed by atoms with van der Waals surface area (Å²) in [5, 5.41) is 11.4. The van der Waals surface area contributed by atoms with E-state index in [0.29, 0.717) is 12.5 Å². The lowest BCUT2D eigenvalue weighted by Gasteiger charge is -2.11. The van der Waals surface area contributed by atoms with Crippen LogP contribution in [0.15, 0.2) is 39.8 Å². The highest BCUT2D eigenvalue weighted by molar-refractivity contribution is 6.30. The van der Waals surface area contributed by atoms with Crippen LogP contribution in [-0.4, -0.2) is 24.2 Å². The van der Waals surface area contributed by atoms with Gasteiger partial charge in [-0.3, -0.25) is 0 Å². The van der Waals surface area contributed by atoms with Gasteiger partial charge in [-0.05, 0) is 37.0 Å². The third-order valence-corrected chi connectivity index (χ3v) is 3.78. The zero-order valence-electron chi connectivity index (χ0n) is 14.5. The van der Waals surface area contributed by atoms with Crippen LogP contribution in [-0.2, 0) is 13.0 Å². The van der Waals surface area contributed by atoms with Crippen molar-refractivity contribution in [3.8, 4) is 0 Å². The summed E-state index contributed by atoms with van der Waals surface area (Å²) in [7, 11) is 0. The van der Waals surface area contributed by atoms with E-state index in [-0.39, 0.29) is 0 Å². The van der Waals surface area contributed by atoms with Crippen LogP contribution in [0.2, 0.25) is 5.02 Å². The Bertz CT molecular complexity index is 649. The highest BCUT2D eigenvalue weighted by Gasteiger charge is 2.07. The number of aromatic nitrogens is 1. The summed E-state index contributed by atoms with van der Waals surface area (Å²) >= 11 is 5.90. The van der Waals surface area contributed by atoms with Crippen molar-refractivity contribution in [1.82, 2.24) is 15.8 Å². The second-order valence-electron chi connectivity index (χ2n) is 5.87. The molecule has 0 bridgehead atoms. The number of nitrogens with one attached hydrogen (secondary N) is 2. The van der Waals surface area contributed by atoms with Crippen molar-refractivity contribution in [3.63, 3.8) is 0 Å². The molecule has 0 fully saturated rings. The highest BCUT2D eigenvalue weighted by Crippen LogP contribution is 2.14.